The number of hydrogen-bond donors (Lipinski definition) is 3. The molecule has 0 atom stereocenters. The summed E-state index contributed by atoms with van der Waals surface area (Å²) in [7, 11) is 0. The maximum atomic E-state index is 12.1. The summed E-state index contributed by atoms with van der Waals surface area (Å²) in [5, 5.41) is 2.42. The van der Waals surface area contributed by atoms with E-state index >= 15 is 0 Å². The standard InChI is InChI=1S/C21H26N4O5S/c1-4-25(5-2)16-9-7-15(8-10-16)20(28)24-23-18(26)13-30-19(27)12-22-21(29)17-11-6-14(3)31-17/h6-11H,4-5,12-13H2,1-3H3,(H,22,29)(H,23,26)(H,24,28). The number of amides is 3. The second-order valence-electron chi connectivity index (χ2n) is 6.48. The number of hydrazine groups is 1. The quantitative estimate of drug-likeness (QED) is 0.398. The average molecular weight is 447 g/mol. The summed E-state index contributed by atoms with van der Waals surface area (Å²) in [4.78, 5) is 51.0. The summed E-state index contributed by atoms with van der Waals surface area (Å²) >= 11 is 1.31. The van der Waals surface area contributed by atoms with Gasteiger partial charge >= 0.3 is 5.97 Å². The van der Waals surface area contributed by atoms with Gasteiger partial charge in [0.05, 0.1) is 4.88 Å². The number of benzene rings is 1. The zero-order valence-electron chi connectivity index (χ0n) is 17.7. The van der Waals surface area contributed by atoms with Crippen molar-refractivity contribution in [3.05, 3.63) is 51.7 Å². The van der Waals surface area contributed by atoms with Crippen molar-refractivity contribution >= 4 is 40.7 Å². The predicted octanol–water partition coefficient (Wildman–Crippen LogP) is 1.64. The third kappa shape index (κ3) is 7.41. The third-order valence-corrected chi connectivity index (χ3v) is 5.29. The molecule has 2 aromatic rings. The Morgan fingerprint density at radius 3 is 2.19 bits per heavy atom. The fourth-order valence-electron chi connectivity index (χ4n) is 2.64. The van der Waals surface area contributed by atoms with E-state index in [1.54, 1.807) is 24.3 Å². The Morgan fingerprint density at radius 1 is 0.935 bits per heavy atom. The molecule has 1 aromatic carbocycles. The van der Waals surface area contributed by atoms with Crippen molar-refractivity contribution in [2.75, 3.05) is 31.1 Å². The van der Waals surface area contributed by atoms with Crippen molar-refractivity contribution in [1.82, 2.24) is 16.2 Å². The van der Waals surface area contributed by atoms with Crippen LogP contribution in [0.5, 0.6) is 0 Å². The number of nitrogens with one attached hydrogen (secondary N) is 3. The molecule has 1 heterocycles. The van der Waals surface area contributed by atoms with Crippen LogP contribution in [0.4, 0.5) is 5.69 Å². The van der Waals surface area contributed by atoms with E-state index in [0.717, 1.165) is 23.7 Å². The first-order chi connectivity index (χ1) is 14.8. The molecule has 0 aliphatic heterocycles. The van der Waals surface area contributed by atoms with Crippen LogP contribution in [0.3, 0.4) is 0 Å². The Labute approximate surface area is 184 Å². The lowest BCUT2D eigenvalue weighted by Crippen LogP contribution is -2.44. The molecule has 0 bridgehead atoms. The van der Waals surface area contributed by atoms with Gasteiger partial charge in [0.2, 0.25) is 0 Å². The van der Waals surface area contributed by atoms with Crippen LogP contribution >= 0.6 is 11.3 Å². The molecule has 2 rings (SSSR count). The van der Waals surface area contributed by atoms with Crippen LogP contribution in [-0.2, 0) is 14.3 Å². The number of thiophene rings is 1. The van der Waals surface area contributed by atoms with Gasteiger partial charge in [0.15, 0.2) is 6.61 Å². The van der Waals surface area contributed by atoms with Crippen molar-refractivity contribution < 1.29 is 23.9 Å². The molecule has 166 valence electrons. The molecule has 0 unspecified atom stereocenters. The van der Waals surface area contributed by atoms with Crippen molar-refractivity contribution in [1.29, 1.82) is 0 Å². The lowest BCUT2D eigenvalue weighted by molar-refractivity contribution is -0.147. The van der Waals surface area contributed by atoms with Gasteiger partial charge in [-0.2, -0.15) is 0 Å². The van der Waals surface area contributed by atoms with Gasteiger partial charge < -0.3 is 15.0 Å². The summed E-state index contributed by atoms with van der Waals surface area (Å²) < 4.78 is 4.78. The minimum Gasteiger partial charge on any atom is -0.454 e. The van der Waals surface area contributed by atoms with Gasteiger partial charge in [0.25, 0.3) is 17.7 Å². The number of carbonyl (C=O) groups excluding carboxylic acids is 4. The van der Waals surface area contributed by atoms with Crippen molar-refractivity contribution in [3.8, 4) is 0 Å². The first-order valence-corrected chi connectivity index (χ1v) is 10.6. The summed E-state index contributed by atoms with van der Waals surface area (Å²) in [6, 6.07) is 10.4. The van der Waals surface area contributed by atoms with E-state index < -0.39 is 30.3 Å². The van der Waals surface area contributed by atoms with Crippen LogP contribution < -0.4 is 21.1 Å². The van der Waals surface area contributed by atoms with Gasteiger partial charge in [0, 0.05) is 29.2 Å². The maximum absolute atomic E-state index is 12.1. The number of anilines is 1. The van der Waals surface area contributed by atoms with E-state index in [4.69, 9.17) is 4.74 Å². The van der Waals surface area contributed by atoms with Gasteiger partial charge in [-0.1, -0.05) is 0 Å². The second kappa shape index (κ2) is 11.7. The highest BCUT2D eigenvalue weighted by molar-refractivity contribution is 7.13. The molecule has 0 aliphatic carbocycles. The Hall–Kier alpha value is -3.40. The molecule has 31 heavy (non-hydrogen) atoms. The first kappa shape index (κ1) is 23.9. The lowest BCUT2D eigenvalue weighted by Gasteiger charge is -2.21. The molecular weight excluding hydrogens is 420 g/mol. The second-order valence-corrected chi connectivity index (χ2v) is 7.76. The van der Waals surface area contributed by atoms with Crippen LogP contribution in [0.25, 0.3) is 0 Å². The molecule has 3 amide bonds. The van der Waals surface area contributed by atoms with Gasteiger partial charge in [-0.05, 0) is 57.2 Å². The molecule has 0 saturated heterocycles. The normalized spacial score (nSPS) is 10.2. The van der Waals surface area contributed by atoms with E-state index in [0.29, 0.717) is 10.4 Å². The van der Waals surface area contributed by atoms with Crippen molar-refractivity contribution in [2.24, 2.45) is 0 Å². The van der Waals surface area contributed by atoms with Gasteiger partial charge in [-0.25, -0.2) is 0 Å². The monoisotopic (exact) mass is 446 g/mol. The molecule has 0 spiro atoms. The van der Waals surface area contributed by atoms with Crippen molar-refractivity contribution in [2.45, 2.75) is 20.8 Å². The number of aryl methyl sites for hydroxylation is 1. The summed E-state index contributed by atoms with van der Waals surface area (Å²) in [5.74, 6) is -2.36. The number of carbonyl (C=O) groups is 4. The zero-order chi connectivity index (χ0) is 22.8. The summed E-state index contributed by atoms with van der Waals surface area (Å²) in [6.45, 7) is 6.72. The highest BCUT2D eigenvalue weighted by atomic mass is 32.1. The summed E-state index contributed by atoms with van der Waals surface area (Å²) in [5.41, 5.74) is 5.81. The Bertz CT molecular complexity index is 922. The SMILES string of the molecule is CCN(CC)c1ccc(C(=O)NNC(=O)COC(=O)CNC(=O)c2ccc(C)s2)cc1. The van der Waals surface area contributed by atoms with Crippen LogP contribution in [0.1, 0.15) is 38.8 Å². The number of esters is 1. The van der Waals surface area contributed by atoms with E-state index in [9.17, 15) is 19.2 Å². The predicted molar refractivity (Wildman–Crippen MR) is 118 cm³/mol. The van der Waals surface area contributed by atoms with Crippen molar-refractivity contribution in [3.63, 3.8) is 0 Å². The van der Waals surface area contributed by atoms with Crippen LogP contribution in [0, 0.1) is 6.92 Å². The Morgan fingerprint density at radius 2 is 1.61 bits per heavy atom. The maximum Gasteiger partial charge on any atom is 0.325 e. The minimum absolute atomic E-state index is 0.367. The fourth-order valence-corrected chi connectivity index (χ4v) is 3.42. The molecule has 0 aliphatic rings. The zero-order valence-corrected chi connectivity index (χ0v) is 18.5. The highest BCUT2D eigenvalue weighted by Gasteiger charge is 2.13. The average Bonchev–Trinajstić information content (AvgIpc) is 3.22. The minimum atomic E-state index is -0.768. The summed E-state index contributed by atoms with van der Waals surface area (Å²) in [6.07, 6.45) is 0. The van der Waals surface area contributed by atoms with Gasteiger partial charge in [0.1, 0.15) is 6.54 Å². The van der Waals surface area contributed by atoms with Crippen LogP contribution in [0.15, 0.2) is 36.4 Å². The van der Waals surface area contributed by atoms with E-state index in [1.807, 2.05) is 32.9 Å². The van der Waals surface area contributed by atoms with E-state index in [1.165, 1.54) is 11.3 Å². The molecule has 9 nitrogen and oxygen atoms in total. The molecular formula is C21H26N4O5S. The van der Waals surface area contributed by atoms with E-state index in [-0.39, 0.29) is 6.54 Å². The number of rotatable bonds is 9. The van der Waals surface area contributed by atoms with Gasteiger partial charge in [-0.15, -0.1) is 11.3 Å². The number of nitrogens with zero attached hydrogens (tertiary/aromatic N) is 1. The largest absolute Gasteiger partial charge is 0.454 e. The van der Waals surface area contributed by atoms with Crippen LogP contribution in [-0.4, -0.2) is 49.9 Å². The highest BCUT2D eigenvalue weighted by Crippen LogP contribution is 2.15. The first-order valence-electron chi connectivity index (χ1n) is 9.78. The Balaban J connectivity index is 1.69. The van der Waals surface area contributed by atoms with Crippen LogP contribution in [0.2, 0.25) is 0 Å². The molecule has 10 heteroatoms. The lowest BCUT2D eigenvalue weighted by atomic mass is 10.2. The number of hydrogen-bond acceptors (Lipinski definition) is 7. The Kier molecular flexibility index (Phi) is 9.01. The molecule has 0 fully saturated rings. The third-order valence-electron chi connectivity index (χ3n) is 4.30. The number of ether oxygens (including phenoxy) is 1. The molecule has 3 N–H and O–H groups in total. The molecule has 0 radical (unpaired) electrons. The van der Waals surface area contributed by atoms with E-state index in [2.05, 4.69) is 21.1 Å². The topological polar surface area (TPSA) is 117 Å². The molecule has 1 aromatic heterocycles. The van der Waals surface area contributed by atoms with Gasteiger partial charge in [-0.3, -0.25) is 30.0 Å². The smallest absolute Gasteiger partial charge is 0.325 e. The fraction of sp³-hybridized carbons (Fsp3) is 0.333. The molecule has 0 saturated carbocycles.